The van der Waals surface area contributed by atoms with Gasteiger partial charge in [0.05, 0.1) is 18.5 Å². The fraction of sp³-hybridized carbons (Fsp3) is 0.278. The summed E-state index contributed by atoms with van der Waals surface area (Å²) in [5.41, 5.74) is 1.36. The first-order valence-corrected chi connectivity index (χ1v) is 10.2. The Bertz CT molecular complexity index is 1020. The standard InChI is InChI=1S/C18H17F3N2O5S/c1-11-3-8-15-14(9-11)23(29(2,25)26)10-16(27-15)17(24)22-12-4-6-13(7-5-12)28-18(19,20)21/h3-9,16H,10H2,1-2H3,(H,22,24). The molecule has 1 unspecified atom stereocenters. The molecule has 29 heavy (non-hydrogen) atoms. The van der Waals surface area contributed by atoms with Crippen LogP contribution in [0.3, 0.4) is 0 Å². The minimum atomic E-state index is -4.82. The van der Waals surface area contributed by atoms with Crippen LogP contribution in [0.15, 0.2) is 42.5 Å². The number of sulfonamides is 1. The average Bonchev–Trinajstić information content (AvgIpc) is 2.60. The van der Waals surface area contributed by atoms with Crippen LogP contribution < -0.4 is 19.1 Å². The molecule has 2 aromatic carbocycles. The lowest BCUT2D eigenvalue weighted by Gasteiger charge is -2.34. The lowest BCUT2D eigenvalue weighted by Crippen LogP contribution is -2.48. The number of nitrogens with zero attached hydrogens (tertiary/aromatic N) is 1. The van der Waals surface area contributed by atoms with E-state index in [1.807, 2.05) is 0 Å². The highest BCUT2D eigenvalue weighted by atomic mass is 32.2. The van der Waals surface area contributed by atoms with Gasteiger partial charge in [-0.25, -0.2) is 8.42 Å². The number of rotatable bonds is 4. The van der Waals surface area contributed by atoms with Crippen LogP contribution in [0.4, 0.5) is 24.5 Å². The Kier molecular flexibility index (Phi) is 5.35. The smallest absolute Gasteiger partial charge is 0.476 e. The maximum absolute atomic E-state index is 12.6. The van der Waals surface area contributed by atoms with Crippen molar-refractivity contribution in [2.24, 2.45) is 0 Å². The summed E-state index contributed by atoms with van der Waals surface area (Å²) in [6.07, 6.45) is -4.94. The summed E-state index contributed by atoms with van der Waals surface area (Å²) in [6, 6.07) is 9.49. The maximum Gasteiger partial charge on any atom is 0.573 e. The van der Waals surface area contributed by atoms with Crippen LogP contribution in [0.2, 0.25) is 0 Å². The van der Waals surface area contributed by atoms with Gasteiger partial charge in [0.2, 0.25) is 10.0 Å². The first-order valence-electron chi connectivity index (χ1n) is 8.34. The normalized spacial score (nSPS) is 16.6. The molecule has 0 aromatic heterocycles. The SMILES string of the molecule is Cc1ccc2c(c1)N(S(C)(=O)=O)CC(C(=O)Nc1ccc(OC(F)(F)F)cc1)O2. The van der Waals surface area contributed by atoms with Crippen LogP contribution in [0.1, 0.15) is 5.56 Å². The van der Waals surface area contributed by atoms with Gasteiger partial charge < -0.3 is 14.8 Å². The third kappa shape index (κ3) is 5.11. The molecule has 0 saturated carbocycles. The molecule has 1 heterocycles. The number of amides is 1. The van der Waals surface area contributed by atoms with Gasteiger partial charge in [-0.15, -0.1) is 13.2 Å². The van der Waals surface area contributed by atoms with Gasteiger partial charge in [-0.1, -0.05) is 6.07 Å². The minimum Gasteiger partial charge on any atom is -0.476 e. The zero-order valence-corrected chi connectivity index (χ0v) is 16.2. The molecule has 11 heteroatoms. The molecule has 1 atom stereocenters. The lowest BCUT2D eigenvalue weighted by atomic mass is 10.1. The first-order chi connectivity index (χ1) is 13.4. The zero-order chi connectivity index (χ0) is 21.4. The van der Waals surface area contributed by atoms with E-state index in [2.05, 4.69) is 10.1 Å². The number of anilines is 2. The molecule has 2 aromatic rings. The van der Waals surface area contributed by atoms with E-state index in [4.69, 9.17) is 4.74 Å². The second-order valence-corrected chi connectivity index (χ2v) is 8.34. The van der Waals surface area contributed by atoms with E-state index >= 15 is 0 Å². The van der Waals surface area contributed by atoms with Crippen molar-refractivity contribution in [2.45, 2.75) is 19.4 Å². The number of nitrogens with one attached hydrogen (secondary N) is 1. The van der Waals surface area contributed by atoms with Crippen LogP contribution in [-0.2, 0) is 14.8 Å². The van der Waals surface area contributed by atoms with E-state index in [-0.39, 0.29) is 18.0 Å². The first kappa shape index (κ1) is 20.8. The molecule has 0 aliphatic carbocycles. The van der Waals surface area contributed by atoms with Crippen molar-refractivity contribution in [3.63, 3.8) is 0 Å². The summed E-state index contributed by atoms with van der Waals surface area (Å²) in [6.45, 7) is 1.56. The molecule has 1 N–H and O–H groups in total. The Morgan fingerprint density at radius 2 is 1.86 bits per heavy atom. The van der Waals surface area contributed by atoms with Crippen LogP contribution in [0, 0.1) is 6.92 Å². The van der Waals surface area contributed by atoms with Crippen molar-refractivity contribution in [1.82, 2.24) is 0 Å². The molecule has 156 valence electrons. The molecule has 3 rings (SSSR count). The van der Waals surface area contributed by atoms with Gasteiger partial charge in [0, 0.05) is 5.69 Å². The summed E-state index contributed by atoms with van der Waals surface area (Å²) < 4.78 is 71.5. The van der Waals surface area contributed by atoms with Crippen LogP contribution in [0.5, 0.6) is 11.5 Å². The predicted octanol–water partition coefficient (Wildman–Crippen LogP) is 3.06. The fourth-order valence-electron chi connectivity index (χ4n) is 2.77. The quantitative estimate of drug-likeness (QED) is 0.806. The Balaban J connectivity index is 1.77. The Hall–Kier alpha value is -2.95. The number of carbonyl (C=O) groups excluding carboxylic acids is 1. The third-order valence-electron chi connectivity index (χ3n) is 4.03. The highest BCUT2D eigenvalue weighted by Crippen LogP contribution is 2.36. The number of hydrogen-bond donors (Lipinski definition) is 1. The number of carbonyl (C=O) groups is 1. The molecule has 0 bridgehead atoms. The zero-order valence-electron chi connectivity index (χ0n) is 15.4. The van der Waals surface area contributed by atoms with Crippen molar-refractivity contribution in [2.75, 3.05) is 22.4 Å². The second-order valence-electron chi connectivity index (χ2n) is 6.43. The molecule has 1 aliphatic rings. The number of hydrogen-bond acceptors (Lipinski definition) is 5. The van der Waals surface area contributed by atoms with E-state index in [0.29, 0.717) is 5.69 Å². The molecule has 1 amide bonds. The Labute approximate surface area is 165 Å². The topological polar surface area (TPSA) is 84.9 Å². The van der Waals surface area contributed by atoms with Crippen molar-refractivity contribution < 1.29 is 35.9 Å². The second kappa shape index (κ2) is 7.47. The Morgan fingerprint density at radius 1 is 1.21 bits per heavy atom. The largest absolute Gasteiger partial charge is 0.573 e. The number of benzene rings is 2. The predicted molar refractivity (Wildman–Crippen MR) is 99.5 cm³/mol. The molecule has 7 nitrogen and oxygen atoms in total. The highest BCUT2D eigenvalue weighted by Gasteiger charge is 2.35. The van der Waals surface area contributed by atoms with Crippen molar-refractivity contribution in [1.29, 1.82) is 0 Å². The monoisotopic (exact) mass is 430 g/mol. The summed E-state index contributed by atoms with van der Waals surface area (Å²) >= 11 is 0. The van der Waals surface area contributed by atoms with Gasteiger partial charge in [0.25, 0.3) is 5.91 Å². The van der Waals surface area contributed by atoms with Crippen LogP contribution in [0.25, 0.3) is 0 Å². The summed E-state index contributed by atoms with van der Waals surface area (Å²) in [4.78, 5) is 12.6. The maximum atomic E-state index is 12.6. The highest BCUT2D eigenvalue weighted by molar-refractivity contribution is 7.92. The molecule has 0 radical (unpaired) electrons. The third-order valence-corrected chi connectivity index (χ3v) is 5.18. The van der Waals surface area contributed by atoms with Gasteiger partial charge in [0.1, 0.15) is 11.5 Å². The molecular formula is C18H17F3N2O5S. The summed E-state index contributed by atoms with van der Waals surface area (Å²) in [7, 11) is -3.67. The van der Waals surface area contributed by atoms with Gasteiger partial charge in [-0.3, -0.25) is 9.10 Å². The van der Waals surface area contributed by atoms with E-state index in [1.165, 1.54) is 12.1 Å². The van der Waals surface area contributed by atoms with Gasteiger partial charge in [0.15, 0.2) is 6.10 Å². The fourth-order valence-corrected chi connectivity index (χ4v) is 3.68. The molecule has 0 fully saturated rings. The molecule has 0 spiro atoms. The van der Waals surface area contributed by atoms with Gasteiger partial charge in [-0.05, 0) is 48.9 Å². The number of alkyl halides is 3. The van der Waals surface area contributed by atoms with Crippen LogP contribution in [-0.4, -0.2) is 39.6 Å². The number of fused-ring (bicyclic) bond motifs is 1. The van der Waals surface area contributed by atoms with Gasteiger partial charge >= 0.3 is 6.36 Å². The average molecular weight is 430 g/mol. The summed E-state index contributed by atoms with van der Waals surface area (Å²) in [5.74, 6) is -0.840. The van der Waals surface area contributed by atoms with Crippen LogP contribution >= 0.6 is 0 Å². The van der Waals surface area contributed by atoms with Gasteiger partial charge in [-0.2, -0.15) is 0 Å². The Morgan fingerprint density at radius 3 is 2.45 bits per heavy atom. The lowest BCUT2D eigenvalue weighted by molar-refractivity contribution is -0.274. The van der Waals surface area contributed by atoms with Crippen molar-refractivity contribution >= 4 is 27.3 Å². The van der Waals surface area contributed by atoms with E-state index in [9.17, 15) is 26.4 Å². The van der Waals surface area contributed by atoms with Crippen molar-refractivity contribution in [3.8, 4) is 11.5 Å². The molecular weight excluding hydrogens is 413 g/mol. The molecule has 0 saturated heterocycles. The minimum absolute atomic E-state index is 0.203. The number of halogens is 3. The number of aryl methyl sites for hydroxylation is 1. The van der Waals surface area contributed by atoms with E-state index in [0.717, 1.165) is 28.3 Å². The summed E-state index contributed by atoms with van der Waals surface area (Å²) in [5, 5.41) is 2.49. The number of ether oxygens (including phenoxy) is 2. The van der Waals surface area contributed by atoms with Crippen molar-refractivity contribution in [3.05, 3.63) is 48.0 Å². The van der Waals surface area contributed by atoms with E-state index < -0.39 is 34.1 Å². The molecule has 1 aliphatic heterocycles. The van der Waals surface area contributed by atoms with E-state index in [1.54, 1.807) is 25.1 Å².